The van der Waals surface area contributed by atoms with Gasteiger partial charge < -0.3 is 10.1 Å². The van der Waals surface area contributed by atoms with Crippen molar-refractivity contribution in [1.82, 2.24) is 9.97 Å². The Morgan fingerprint density at radius 1 is 1.67 bits per heavy atom. The lowest BCUT2D eigenvalue weighted by molar-refractivity contribution is 0.441. The van der Waals surface area contributed by atoms with Crippen molar-refractivity contribution in [3.8, 4) is 5.88 Å². The Bertz CT molecular complexity index is 335. The quantitative estimate of drug-likeness (QED) is 0.674. The number of halogens is 1. The topological polar surface area (TPSA) is 66.0 Å². The van der Waals surface area contributed by atoms with Crippen LogP contribution in [0.15, 0.2) is 4.79 Å². The zero-order chi connectivity index (χ0) is 9.14. The van der Waals surface area contributed by atoms with Crippen LogP contribution in [0.3, 0.4) is 0 Å². The van der Waals surface area contributed by atoms with Crippen molar-refractivity contribution in [2.24, 2.45) is 0 Å². The number of alkyl halides is 1. The van der Waals surface area contributed by atoms with Crippen LogP contribution >= 0.6 is 11.6 Å². The van der Waals surface area contributed by atoms with Gasteiger partial charge in [-0.2, -0.15) is 4.98 Å². The molecular formula is C7H9ClN2O2. The molecule has 0 unspecified atom stereocenters. The van der Waals surface area contributed by atoms with E-state index in [9.17, 15) is 9.90 Å². The molecule has 1 rings (SSSR count). The van der Waals surface area contributed by atoms with E-state index >= 15 is 0 Å². The van der Waals surface area contributed by atoms with Gasteiger partial charge in [-0.1, -0.05) is 6.92 Å². The molecule has 4 nitrogen and oxygen atoms in total. The van der Waals surface area contributed by atoms with Crippen molar-refractivity contribution in [3.05, 3.63) is 21.7 Å². The molecule has 0 bridgehead atoms. The molecular weight excluding hydrogens is 180 g/mol. The van der Waals surface area contributed by atoms with Gasteiger partial charge in [-0.05, 0) is 6.42 Å². The number of hydrogen-bond donors (Lipinski definition) is 2. The standard InChI is InChI=1S/C7H9ClN2O2/c1-2-4-6(11)9-5(3-8)10-7(4)12/h2-3H2,1H3,(H2,9,10,11,12). The van der Waals surface area contributed by atoms with Crippen molar-refractivity contribution in [2.45, 2.75) is 19.2 Å². The first-order valence-electron chi connectivity index (χ1n) is 3.56. The number of aromatic amines is 1. The second kappa shape index (κ2) is 3.58. The third-order valence-corrected chi connectivity index (χ3v) is 1.78. The Hall–Kier alpha value is -1.03. The van der Waals surface area contributed by atoms with Gasteiger partial charge in [0.1, 0.15) is 5.82 Å². The predicted octanol–water partition coefficient (Wildman–Crippen LogP) is 0.777. The summed E-state index contributed by atoms with van der Waals surface area (Å²) in [5, 5.41) is 9.21. The van der Waals surface area contributed by atoms with Gasteiger partial charge in [-0.3, -0.25) is 4.79 Å². The lowest BCUT2D eigenvalue weighted by Crippen LogP contribution is -2.15. The number of aromatic nitrogens is 2. The van der Waals surface area contributed by atoms with Crippen LogP contribution in [0.5, 0.6) is 5.88 Å². The summed E-state index contributed by atoms with van der Waals surface area (Å²) < 4.78 is 0. The van der Waals surface area contributed by atoms with Crippen LogP contribution in [-0.4, -0.2) is 15.1 Å². The molecule has 0 radical (unpaired) electrons. The molecule has 5 heteroatoms. The zero-order valence-corrected chi connectivity index (χ0v) is 7.35. The van der Waals surface area contributed by atoms with Crippen molar-refractivity contribution in [3.63, 3.8) is 0 Å². The minimum atomic E-state index is -0.319. The van der Waals surface area contributed by atoms with Gasteiger partial charge in [0.05, 0.1) is 11.4 Å². The van der Waals surface area contributed by atoms with Crippen molar-refractivity contribution in [2.75, 3.05) is 0 Å². The molecule has 1 heterocycles. The summed E-state index contributed by atoms with van der Waals surface area (Å²) in [5.74, 6) is 0.153. The van der Waals surface area contributed by atoms with Crippen molar-refractivity contribution >= 4 is 11.6 Å². The highest BCUT2D eigenvalue weighted by Gasteiger charge is 2.07. The van der Waals surface area contributed by atoms with Gasteiger partial charge in [0, 0.05) is 0 Å². The van der Waals surface area contributed by atoms with Crippen LogP contribution in [0.25, 0.3) is 0 Å². The van der Waals surface area contributed by atoms with E-state index in [2.05, 4.69) is 9.97 Å². The van der Waals surface area contributed by atoms with E-state index in [0.29, 0.717) is 12.0 Å². The Morgan fingerprint density at radius 3 is 2.75 bits per heavy atom. The summed E-state index contributed by atoms with van der Waals surface area (Å²) in [5.41, 5.74) is -0.0236. The number of hydrogen-bond acceptors (Lipinski definition) is 3. The molecule has 0 atom stereocenters. The first-order valence-corrected chi connectivity index (χ1v) is 4.09. The Kier molecular flexibility index (Phi) is 2.70. The lowest BCUT2D eigenvalue weighted by atomic mass is 10.2. The Balaban J connectivity index is 3.28. The van der Waals surface area contributed by atoms with E-state index < -0.39 is 0 Å². The maximum absolute atomic E-state index is 11.1. The fourth-order valence-corrected chi connectivity index (χ4v) is 1.04. The average Bonchev–Trinajstić information content (AvgIpc) is 2.03. The maximum Gasteiger partial charge on any atom is 0.257 e. The molecule has 0 saturated heterocycles. The summed E-state index contributed by atoms with van der Waals surface area (Å²) in [7, 11) is 0. The monoisotopic (exact) mass is 188 g/mol. The molecule has 0 amide bonds. The van der Waals surface area contributed by atoms with E-state index in [0.717, 1.165) is 0 Å². The van der Waals surface area contributed by atoms with Gasteiger partial charge in [-0.25, -0.2) is 0 Å². The van der Waals surface area contributed by atoms with Crippen LogP contribution in [0.4, 0.5) is 0 Å². The molecule has 1 aromatic rings. The summed E-state index contributed by atoms with van der Waals surface area (Å²) >= 11 is 5.42. The number of rotatable bonds is 2. The number of nitrogens with zero attached hydrogens (tertiary/aromatic N) is 1. The molecule has 2 N–H and O–H groups in total. The smallest absolute Gasteiger partial charge is 0.257 e. The molecule has 0 aliphatic carbocycles. The first kappa shape index (κ1) is 9.06. The second-order valence-electron chi connectivity index (χ2n) is 2.30. The Labute approximate surface area is 74.2 Å². The van der Waals surface area contributed by atoms with Gasteiger partial charge >= 0.3 is 0 Å². The van der Waals surface area contributed by atoms with Gasteiger partial charge in [0.15, 0.2) is 0 Å². The summed E-state index contributed by atoms with van der Waals surface area (Å²) in [6, 6.07) is 0. The second-order valence-corrected chi connectivity index (χ2v) is 2.57. The molecule has 0 saturated carbocycles. The van der Waals surface area contributed by atoms with E-state index in [1.54, 1.807) is 6.92 Å². The minimum absolute atomic E-state index is 0.0901. The largest absolute Gasteiger partial charge is 0.493 e. The third kappa shape index (κ3) is 1.58. The number of nitrogens with one attached hydrogen (secondary N) is 1. The SMILES string of the molecule is CCc1c(O)nc(CCl)[nH]c1=O. The highest BCUT2D eigenvalue weighted by atomic mass is 35.5. The fourth-order valence-electron chi connectivity index (χ4n) is 0.913. The number of H-pyrrole nitrogens is 1. The molecule has 0 fully saturated rings. The van der Waals surface area contributed by atoms with E-state index in [1.165, 1.54) is 0 Å². The maximum atomic E-state index is 11.1. The van der Waals surface area contributed by atoms with Crippen molar-refractivity contribution in [1.29, 1.82) is 0 Å². The number of aromatic hydroxyl groups is 1. The fraction of sp³-hybridized carbons (Fsp3) is 0.429. The molecule has 66 valence electrons. The molecule has 12 heavy (non-hydrogen) atoms. The third-order valence-electron chi connectivity index (χ3n) is 1.52. The van der Waals surface area contributed by atoms with Gasteiger partial charge in [0.2, 0.25) is 5.88 Å². The average molecular weight is 189 g/mol. The zero-order valence-electron chi connectivity index (χ0n) is 6.59. The summed E-state index contributed by atoms with van der Waals surface area (Å²) in [6.45, 7) is 1.77. The summed E-state index contributed by atoms with van der Waals surface area (Å²) in [4.78, 5) is 17.3. The van der Waals surface area contributed by atoms with Crippen LogP contribution in [0.1, 0.15) is 18.3 Å². The highest BCUT2D eigenvalue weighted by Crippen LogP contribution is 2.09. The predicted molar refractivity (Wildman–Crippen MR) is 45.5 cm³/mol. The lowest BCUT2D eigenvalue weighted by Gasteiger charge is -2.00. The van der Waals surface area contributed by atoms with Crippen molar-refractivity contribution < 1.29 is 5.11 Å². The van der Waals surface area contributed by atoms with Gasteiger partial charge in [0.25, 0.3) is 5.56 Å². The normalized spacial score (nSPS) is 10.2. The van der Waals surface area contributed by atoms with Crippen LogP contribution in [-0.2, 0) is 12.3 Å². The van der Waals surface area contributed by atoms with E-state index in [4.69, 9.17) is 11.6 Å². The molecule has 0 aliphatic rings. The summed E-state index contributed by atoms with van der Waals surface area (Å²) in [6.07, 6.45) is 0.455. The minimum Gasteiger partial charge on any atom is -0.493 e. The Morgan fingerprint density at radius 2 is 2.33 bits per heavy atom. The molecule has 0 spiro atoms. The van der Waals surface area contributed by atoms with Crippen LogP contribution in [0.2, 0.25) is 0 Å². The van der Waals surface area contributed by atoms with Crippen LogP contribution < -0.4 is 5.56 Å². The van der Waals surface area contributed by atoms with E-state index in [1.807, 2.05) is 0 Å². The molecule has 1 aromatic heterocycles. The first-order chi connectivity index (χ1) is 5.69. The van der Waals surface area contributed by atoms with Gasteiger partial charge in [-0.15, -0.1) is 11.6 Å². The molecule has 0 aromatic carbocycles. The van der Waals surface area contributed by atoms with Crippen LogP contribution in [0, 0.1) is 0 Å². The highest BCUT2D eigenvalue weighted by molar-refractivity contribution is 6.16. The molecule has 0 aliphatic heterocycles. The van der Waals surface area contributed by atoms with E-state index in [-0.39, 0.29) is 23.1 Å².